The molecule has 1 fully saturated rings. The molecule has 1 aromatic carbocycles. The number of amides is 4. The third-order valence-electron chi connectivity index (χ3n) is 4.39. The largest absolute Gasteiger partial charge is 0.416 e. The van der Waals surface area contributed by atoms with Gasteiger partial charge in [-0.1, -0.05) is 17.8 Å². The number of carbonyl (C=O) groups excluding carboxylic acids is 3. The van der Waals surface area contributed by atoms with E-state index < -0.39 is 23.8 Å². The van der Waals surface area contributed by atoms with Crippen LogP contribution in [-0.4, -0.2) is 51.3 Å². The van der Waals surface area contributed by atoms with E-state index in [2.05, 4.69) is 27.4 Å². The number of hydrogen-bond donors (Lipinski definition) is 2. The highest BCUT2D eigenvalue weighted by Crippen LogP contribution is 2.22. The molecule has 1 saturated heterocycles. The molecule has 0 bridgehead atoms. The second-order valence-corrected chi connectivity index (χ2v) is 7.52. The zero-order valence-electron chi connectivity index (χ0n) is 16.1. The number of aromatic nitrogens is 2. The van der Waals surface area contributed by atoms with Gasteiger partial charge in [-0.15, -0.1) is 16.8 Å². The van der Waals surface area contributed by atoms with E-state index in [1.54, 1.807) is 6.92 Å². The maximum Gasteiger partial charge on any atom is 0.324 e. The Morgan fingerprint density at radius 1 is 1.37 bits per heavy atom. The van der Waals surface area contributed by atoms with Crippen molar-refractivity contribution >= 4 is 35.3 Å². The van der Waals surface area contributed by atoms with E-state index >= 15 is 0 Å². The van der Waals surface area contributed by atoms with Crippen molar-refractivity contribution in [1.82, 2.24) is 20.4 Å². The SMILES string of the molecule is C=CCN1C(=O)NC(C)C(Cc2nnc(SCC(=O)Nc3ccc(F)cc3)o2)C1=O. The molecule has 2 N–H and O–H groups in total. The average Bonchev–Trinajstić information content (AvgIpc) is 3.16. The maximum atomic E-state index is 12.9. The molecule has 0 aliphatic carbocycles. The minimum absolute atomic E-state index is 0.0148. The number of benzene rings is 1. The number of nitrogens with one attached hydrogen (secondary N) is 2. The Hall–Kier alpha value is -3.21. The van der Waals surface area contributed by atoms with Crippen molar-refractivity contribution in [2.45, 2.75) is 24.6 Å². The summed E-state index contributed by atoms with van der Waals surface area (Å²) in [4.78, 5) is 37.6. The summed E-state index contributed by atoms with van der Waals surface area (Å²) in [7, 11) is 0. The molecule has 158 valence electrons. The number of nitrogens with zero attached hydrogens (tertiary/aromatic N) is 3. The lowest BCUT2D eigenvalue weighted by Crippen LogP contribution is -2.59. The van der Waals surface area contributed by atoms with E-state index in [1.807, 2.05) is 0 Å². The van der Waals surface area contributed by atoms with Gasteiger partial charge < -0.3 is 15.1 Å². The monoisotopic (exact) mass is 433 g/mol. The summed E-state index contributed by atoms with van der Waals surface area (Å²) in [6, 6.07) is 4.56. The third kappa shape index (κ3) is 5.23. The first kappa shape index (κ1) is 21.5. The molecule has 2 atom stereocenters. The minimum atomic E-state index is -0.553. The Morgan fingerprint density at radius 3 is 2.80 bits per heavy atom. The van der Waals surface area contributed by atoms with E-state index in [9.17, 15) is 18.8 Å². The van der Waals surface area contributed by atoms with Gasteiger partial charge in [-0.3, -0.25) is 14.5 Å². The molecule has 11 heteroatoms. The molecule has 2 heterocycles. The summed E-state index contributed by atoms with van der Waals surface area (Å²) in [5.74, 6) is -1.35. The Balaban J connectivity index is 1.54. The van der Waals surface area contributed by atoms with Gasteiger partial charge in [-0.2, -0.15) is 0 Å². The number of imide groups is 1. The van der Waals surface area contributed by atoms with Gasteiger partial charge in [0.2, 0.25) is 17.7 Å². The third-order valence-corrected chi connectivity index (χ3v) is 5.21. The summed E-state index contributed by atoms with van der Waals surface area (Å²) in [6.07, 6.45) is 1.63. The van der Waals surface area contributed by atoms with Crippen LogP contribution in [-0.2, 0) is 16.0 Å². The molecular weight excluding hydrogens is 413 g/mol. The molecule has 0 radical (unpaired) electrons. The van der Waals surface area contributed by atoms with Gasteiger partial charge in [-0.05, 0) is 31.2 Å². The van der Waals surface area contributed by atoms with Gasteiger partial charge in [0, 0.05) is 24.7 Å². The highest BCUT2D eigenvalue weighted by Gasteiger charge is 2.39. The lowest BCUT2D eigenvalue weighted by atomic mass is 9.93. The number of urea groups is 1. The Labute approximate surface area is 176 Å². The summed E-state index contributed by atoms with van der Waals surface area (Å²) < 4.78 is 18.4. The van der Waals surface area contributed by atoms with E-state index in [0.717, 1.165) is 16.7 Å². The number of halogens is 1. The lowest BCUT2D eigenvalue weighted by molar-refractivity contribution is -0.134. The van der Waals surface area contributed by atoms with Crippen LogP contribution in [0.2, 0.25) is 0 Å². The summed E-state index contributed by atoms with van der Waals surface area (Å²) in [5, 5.41) is 13.4. The topological polar surface area (TPSA) is 117 Å². The molecule has 1 aliphatic rings. The highest BCUT2D eigenvalue weighted by atomic mass is 32.2. The molecule has 0 saturated carbocycles. The Morgan fingerprint density at radius 2 is 2.10 bits per heavy atom. The van der Waals surface area contributed by atoms with Crippen LogP contribution in [0.4, 0.5) is 14.9 Å². The first-order valence-electron chi connectivity index (χ1n) is 9.10. The molecular formula is C19H20FN5O4S. The van der Waals surface area contributed by atoms with Crippen LogP contribution in [0.25, 0.3) is 0 Å². The molecule has 9 nitrogen and oxygen atoms in total. The van der Waals surface area contributed by atoms with Crippen LogP contribution in [0.1, 0.15) is 12.8 Å². The fraction of sp³-hybridized carbons (Fsp3) is 0.316. The van der Waals surface area contributed by atoms with Crippen LogP contribution in [0.5, 0.6) is 0 Å². The van der Waals surface area contributed by atoms with Crippen molar-refractivity contribution in [3.8, 4) is 0 Å². The van der Waals surface area contributed by atoms with E-state index in [4.69, 9.17) is 4.42 Å². The predicted molar refractivity (Wildman–Crippen MR) is 107 cm³/mol. The fourth-order valence-electron chi connectivity index (χ4n) is 2.88. The number of rotatable bonds is 8. The van der Waals surface area contributed by atoms with E-state index in [1.165, 1.54) is 30.3 Å². The van der Waals surface area contributed by atoms with Crippen molar-refractivity contribution in [2.24, 2.45) is 5.92 Å². The fourth-order valence-corrected chi connectivity index (χ4v) is 3.46. The number of carbonyl (C=O) groups is 3. The van der Waals surface area contributed by atoms with Crippen molar-refractivity contribution in [2.75, 3.05) is 17.6 Å². The molecule has 0 spiro atoms. The highest BCUT2D eigenvalue weighted by molar-refractivity contribution is 7.99. The van der Waals surface area contributed by atoms with Crippen molar-refractivity contribution < 1.29 is 23.2 Å². The smallest absolute Gasteiger partial charge is 0.324 e. The lowest BCUT2D eigenvalue weighted by Gasteiger charge is -2.34. The van der Waals surface area contributed by atoms with Gasteiger partial charge in [0.25, 0.3) is 5.22 Å². The Kier molecular flexibility index (Phi) is 6.83. The minimum Gasteiger partial charge on any atom is -0.416 e. The van der Waals surface area contributed by atoms with Gasteiger partial charge in [0.05, 0.1) is 11.7 Å². The standard InChI is InChI=1S/C19H20FN5O4S/c1-3-8-25-17(27)14(11(2)21-18(25)28)9-16-23-24-19(29-16)30-10-15(26)22-13-6-4-12(20)5-7-13/h3-7,11,14H,1,8-10H2,2H3,(H,21,28)(H,22,26). The number of anilines is 1. The molecule has 30 heavy (non-hydrogen) atoms. The van der Waals surface area contributed by atoms with E-state index in [-0.39, 0.29) is 41.6 Å². The molecule has 3 rings (SSSR count). The number of hydrogen-bond acceptors (Lipinski definition) is 7. The van der Waals surface area contributed by atoms with E-state index in [0.29, 0.717) is 5.69 Å². The Bertz CT molecular complexity index is 949. The first-order chi connectivity index (χ1) is 14.4. The van der Waals surface area contributed by atoms with Gasteiger partial charge in [0.15, 0.2) is 0 Å². The van der Waals surface area contributed by atoms with Crippen molar-refractivity contribution in [3.05, 3.63) is 48.6 Å². The second kappa shape index (κ2) is 9.53. The van der Waals surface area contributed by atoms with Crippen LogP contribution in [0.15, 0.2) is 46.6 Å². The first-order valence-corrected chi connectivity index (χ1v) is 10.1. The van der Waals surface area contributed by atoms with Crippen LogP contribution >= 0.6 is 11.8 Å². The van der Waals surface area contributed by atoms with Crippen molar-refractivity contribution in [3.63, 3.8) is 0 Å². The summed E-state index contributed by atoms with van der Waals surface area (Å²) in [5.41, 5.74) is 0.476. The molecule has 1 aromatic heterocycles. The van der Waals surface area contributed by atoms with Gasteiger partial charge in [0.1, 0.15) is 5.82 Å². The molecule has 1 aliphatic heterocycles. The van der Waals surface area contributed by atoms with Gasteiger partial charge >= 0.3 is 6.03 Å². The second-order valence-electron chi connectivity index (χ2n) is 6.59. The van der Waals surface area contributed by atoms with Crippen LogP contribution in [0.3, 0.4) is 0 Å². The van der Waals surface area contributed by atoms with Crippen molar-refractivity contribution in [1.29, 1.82) is 0 Å². The molecule has 2 aromatic rings. The van der Waals surface area contributed by atoms with Crippen LogP contribution < -0.4 is 10.6 Å². The average molecular weight is 433 g/mol. The number of thioether (sulfide) groups is 1. The van der Waals surface area contributed by atoms with Gasteiger partial charge in [-0.25, -0.2) is 9.18 Å². The normalized spacial score (nSPS) is 18.8. The predicted octanol–water partition coefficient (Wildman–Crippen LogP) is 2.22. The molecule has 2 unspecified atom stereocenters. The summed E-state index contributed by atoms with van der Waals surface area (Å²) >= 11 is 1.04. The molecule has 4 amide bonds. The maximum absolute atomic E-state index is 12.9. The zero-order valence-corrected chi connectivity index (χ0v) is 16.9. The quantitative estimate of drug-likeness (QED) is 0.484. The summed E-state index contributed by atoms with van der Waals surface area (Å²) in [6.45, 7) is 5.40. The zero-order chi connectivity index (χ0) is 21.7. The van der Waals surface area contributed by atoms with Crippen LogP contribution in [0, 0.1) is 11.7 Å².